The Morgan fingerprint density at radius 3 is 2.33 bits per heavy atom. The van der Waals surface area contributed by atoms with E-state index in [-0.39, 0.29) is 0 Å². The van der Waals surface area contributed by atoms with Crippen molar-refractivity contribution in [2.75, 3.05) is 5.43 Å². The van der Waals surface area contributed by atoms with Crippen LogP contribution in [0, 0.1) is 13.8 Å². The highest BCUT2D eigenvalue weighted by molar-refractivity contribution is 5.99. The quantitative estimate of drug-likeness (QED) is 0.565. The first kappa shape index (κ1) is 15.9. The first-order valence-corrected chi connectivity index (χ1v) is 7.90. The van der Waals surface area contributed by atoms with E-state index in [1.165, 1.54) is 5.56 Å². The Hall–Kier alpha value is -3.01. The monoisotopic (exact) mass is 316 g/mol. The Bertz CT molecular complexity index is 853. The Morgan fingerprint density at radius 2 is 1.62 bits per heavy atom. The fourth-order valence-corrected chi connectivity index (χ4v) is 2.34. The fourth-order valence-electron chi connectivity index (χ4n) is 2.34. The van der Waals surface area contributed by atoms with Crippen molar-refractivity contribution in [1.82, 2.24) is 9.97 Å². The zero-order valence-electron chi connectivity index (χ0n) is 14.1. The number of nitrogens with zero attached hydrogens (tertiary/aromatic N) is 3. The summed E-state index contributed by atoms with van der Waals surface area (Å²) < 4.78 is 0. The van der Waals surface area contributed by atoms with E-state index in [9.17, 15) is 0 Å². The van der Waals surface area contributed by atoms with E-state index < -0.39 is 0 Å². The SMILES string of the molecule is C/C(=N\Nc1cc(C)nc(-c2ccccc2)n1)c1ccc(C)cc1. The summed E-state index contributed by atoms with van der Waals surface area (Å²) in [5, 5.41) is 4.45. The van der Waals surface area contributed by atoms with Gasteiger partial charge in [-0.2, -0.15) is 5.10 Å². The van der Waals surface area contributed by atoms with Gasteiger partial charge in [-0.05, 0) is 26.3 Å². The van der Waals surface area contributed by atoms with Gasteiger partial charge in [0.2, 0.25) is 0 Å². The van der Waals surface area contributed by atoms with E-state index in [1.54, 1.807) is 0 Å². The molecule has 0 fully saturated rings. The molecule has 0 bridgehead atoms. The molecule has 0 saturated heterocycles. The van der Waals surface area contributed by atoms with Crippen LogP contribution in [0.4, 0.5) is 5.82 Å². The summed E-state index contributed by atoms with van der Waals surface area (Å²) in [6, 6.07) is 20.1. The molecule has 1 heterocycles. The summed E-state index contributed by atoms with van der Waals surface area (Å²) in [7, 11) is 0. The van der Waals surface area contributed by atoms with Gasteiger partial charge in [-0.25, -0.2) is 9.97 Å². The van der Waals surface area contributed by atoms with Crippen molar-refractivity contribution in [2.24, 2.45) is 5.10 Å². The second-order valence-corrected chi connectivity index (χ2v) is 5.76. The molecule has 0 spiro atoms. The third-order valence-corrected chi connectivity index (χ3v) is 3.69. The molecule has 24 heavy (non-hydrogen) atoms. The number of aromatic nitrogens is 2. The van der Waals surface area contributed by atoms with Crippen molar-refractivity contribution in [3.63, 3.8) is 0 Å². The average Bonchev–Trinajstić information content (AvgIpc) is 2.60. The van der Waals surface area contributed by atoms with Gasteiger partial charge in [-0.15, -0.1) is 0 Å². The minimum Gasteiger partial charge on any atom is -0.261 e. The summed E-state index contributed by atoms with van der Waals surface area (Å²) in [6.45, 7) is 6.00. The smallest absolute Gasteiger partial charge is 0.161 e. The van der Waals surface area contributed by atoms with Gasteiger partial charge in [0.1, 0.15) is 0 Å². The minimum absolute atomic E-state index is 0.688. The Morgan fingerprint density at radius 1 is 0.917 bits per heavy atom. The van der Waals surface area contributed by atoms with Gasteiger partial charge in [0.05, 0.1) is 5.71 Å². The first-order chi connectivity index (χ1) is 11.6. The van der Waals surface area contributed by atoms with E-state index in [2.05, 4.69) is 51.7 Å². The second-order valence-electron chi connectivity index (χ2n) is 5.76. The third kappa shape index (κ3) is 3.84. The molecule has 0 saturated carbocycles. The van der Waals surface area contributed by atoms with Crippen molar-refractivity contribution in [2.45, 2.75) is 20.8 Å². The van der Waals surface area contributed by atoms with Crippen LogP contribution >= 0.6 is 0 Å². The molecule has 1 N–H and O–H groups in total. The van der Waals surface area contributed by atoms with Crippen molar-refractivity contribution in [3.8, 4) is 11.4 Å². The van der Waals surface area contributed by atoms with Crippen molar-refractivity contribution < 1.29 is 0 Å². The van der Waals surface area contributed by atoms with Gasteiger partial charge in [-0.1, -0.05) is 60.2 Å². The lowest BCUT2D eigenvalue weighted by Crippen LogP contribution is -2.03. The summed E-state index contributed by atoms with van der Waals surface area (Å²) >= 11 is 0. The van der Waals surface area contributed by atoms with Gasteiger partial charge >= 0.3 is 0 Å². The number of rotatable bonds is 4. The van der Waals surface area contributed by atoms with Gasteiger partial charge in [0.15, 0.2) is 11.6 Å². The molecule has 3 aromatic rings. The molecule has 0 amide bonds. The Balaban J connectivity index is 1.84. The lowest BCUT2D eigenvalue weighted by molar-refractivity contribution is 1.09. The molecular formula is C20H20N4. The molecule has 4 nitrogen and oxygen atoms in total. The summed E-state index contributed by atoms with van der Waals surface area (Å²) in [5.74, 6) is 1.38. The molecule has 120 valence electrons. The maximum absolute atomic E-state index is 4.55. The molecule has 3 rings (SSSR count). The van der Waals surface area contributed by atoms with Crippen LogP contribution < -0.4 is 5.43 Å². The molecule has 0 atom stereocenters. The molecule has 0 aliphatic rings. The van der Waals surface area contributed by atoms with Crippen LogP contribution in [0.2, 0.25) is 0 Å². The van der Waals surface area contributed by atoms with Gasteiger partial charge in [0.25, 0.3) is 0 Å². The van der Waals surface area contributed by atoms with Crippen LogP contribution in [0.3, 0.4) is 0 Å². The lowest BCUT2D eigenvalue weighted by atomic mass is 10.1. The van der Waals surface area contributed by atoms with E-state index in [4.69, 9.17) is 0 Å². The molecule has 0 aliphatic heterocycles. The molecule has 0 radical (unpaired) electrons. The number of aryl methyl sites for hydroxylation is 2. The van der Waals surface area contributed by atoms with Crippen molar-refractivity contribution in [1.29, 1.82) is 0 Å². The van der Waals surface area contributed by atoms with Crippen LogP contribution in [-0.2, 0) is 0 Å². The number of benzene rings is 2. The average molecular weight is 316 g/mol. The molecule has 2 aromatic carbocycles. The number of hydrogen-bond donors (Lipinski definition) is 1. The second kappa shape index (κ2) is 7.04. The Kier molecular flexibility index (Phi) is 4.66. The Labute approximate surface area is 142 Å². The van der Waals surface area contributed by atoms with Crippen molar-refractivity contribution in [3.05, 3.63) is 77.5 Å². The molecular weight excluding hydrogens is 296 g/mol. The van der Waals surface area contributed by atoms with Crippen LogP contribution in [0.5, 0.6) is 0 Å². The highest BCUT2D eigenvalue weighted by Gasteiger charge is 2.04. The summed E-state index contributed by atoms with van der Waals surface area (Å²) in [4.78, 5) is 9.05. The first-order valence-electron chi connectivity index (χ1n) is 7.90. The predicted molar refractivity (Wildman–Crippen MR) is 99.2 cm³/mol. The van der Waals surface area contributed by atoms with Crippen LogP contribution in [-0.4, -0.2) is 15.7 Å². The van der Waals surface area contributed by atoms with Gasteiger partial charge in [0, 0.05) is 17.3 Å². The fraction of sp³-hybridized carbons (Fsp3) is 0.150. The number of hydrogen-bond acceptors (Lipinski definition) is 4. The summed E-state index contributed by atoms with van der Waals surface area (Å²) in [5.41, 5.74) is 8.16. The van der Waals surface area contributed by atoms with Crippen LogP contribution in [0.15, 0.2) is 65.8 Å². The van der Waals surface area contributed by atoms with Crippen molar-refractivity contribution >= 4 is 11.5 Å². The zero-order chi connectivity index (χ0) is 16.9. The van der Waals surface area contributed by atoms with Gasteiger partial charge in [-0.3, -0.25) is 5.43 Å². The van der Waals surface area contributed by atoms with E-state index in [1.807, 2.05) is 50.2 Å². The highest BCUT2D eigenvalue weighted by atomic mass is 15.3. The summed E-state index contributed by atoms with van der Waals surface area (Å²) in [6.07, 6.45) is 0. The van der Waals surface area contributed by atoms with E-state index in [0.29, 0.717) is 11.6 Å². The van der Waals surface area contributed by atoms with E-state index >= 15 is 0 Å². The number of nitrogens with one attached hydrogen (secondary N) is 1. The minimum atomic E-state index is 0.688. The predicted octanol–water partition coefficient (Wildman–Crippen LogP) is 4.60. The third-order valence-electron chi connectivity index (χ3n) is 3.69. The van der Waals surface area contributed by atoms with Gasteiger partial charge < -0.3 is 0 Å². The molecule has 1 aromatic heterocycles. The van der Waals surface area contributed by atoms with Crippen LogP contribution in [0.1, 0.15) is 23.7 Å². The lowest BCUT2D eigenvalue weighted by Gasteiger charge is -2.07. The largest absolute Gasteiger partial charge is 0.261 e. The maximum atomic E-state index is 4.55. The number of hydrazone groups is 1. The molecule has 4 heteroatoms. The standard InChI is InChI=1S/C20H20N4/c1-14-9-11-17(12-10-14)16(3)23-24-19-13-15(2)21-20(22-19)18-7-5-4-6-8-18/h4-13H,1-3H3,(H,21,22,24)/b23-16+. The zero-order valence-corrected chi connectivity index (χ0v) is 14.1. The van der Waals surface area contributed by atoms with E-state index in [0.717, 1.165) is 22.5 Å². The molecule has 0 unspecified atom stereocenters. The topological polar surface area (TPSA) is 50.2 Å². The molecule has 0 aliphatic carbocycles. The maximum Gasteiger partial charge on any atom is 0.161 e. The highest BCUT2D eigenvalue weighted by Crippen LogP contribution is 2.17. The van der Waals surface area contributed by atoms with Crippen LogP contribution in [0.25, 0.3) is 11.4 Å². The number of anilines is 1. The normalized spacial score (nSPS) is 11.4.